The zero-order valence-electron chi connectivity index (χ0n) is 13.7. The molecule has 1 aromatic carbocycles. The number of hydrogen-bond acceptors (Lipinski definition) is 8. The Bertz CT molecular complexity index is 940. The minimum atomic E-state index is -0.276. The summed E-state index contributed by atoms with van der Waals surface area (Å²) >= 11 is 2.64. The van der Waals surface area contributed by atoms with Crippen molar-refractivity contribution in [3.05, 3.63) is 35.1 Å². The van der Waals surface area contributed by atoms with Gasteiger partial charge < -0.3 is 4.90 Å². The molecular weight excluding hydrogens is 377 g/mol. The quantitative estimate of drug-likeness (QED) is 0.668. The first-order valence-corrected chi connectivity index (χ1v) is 9.59. The molecule has 0 radical (unpaired) electrons. The number of thioether (sulfide) groups is 1. The Morgan fingerprint density at radius 2 is 2.04 bits per heavy atom. The molecule has 0 spiro atoms. The molecule has 134 valence electrons. The summed E-state index contributed by atoms with van der Waals surface area (Å²) in [6, 6.07) is 6.26. The molecule has 1 aliphatic heterocycles. The Morgan fingerprint density at radius 3 is 2.77 bits per heavy atom. The predicted octanol–water partition coefficient (Wildman–Crippen LogP) is 2.46. The number of aryl methyl sites for hydroxylation is 1. The van der Waals surface area contributed by atoms with Crippen molar-refractivity contribution in [2.75, 3.05) is 22.5 Å². The average molecular weight is 391 g/mol. The summed E-state index contributed by atoms with van der Waals surface area (Å²) in [5.41, 5.74) is 0.860. The molecule has 2 aromatic heterocycles. The first-order valence-electron chi connectivity index (χ1n) is 7.79. The Balaban J connectivity index is 1.41. The van der Waals surface area contributed by atoms with E-state index in [-0.39, 0.29) is 17.5 Å². The van der Waals surface area contributed by atoms with Gasteiger partial charge in [-0.15, -0.1) is 20.4 Å². The van der Waals surface area contributed by atoms with Crippen LogP contribution in [0.2, 0.25) is 0 Å². The van der Waals surface area contributed by atoms with Crippen molar-refractivity contribution in [2.24, 2.45) is 0 Å². The van der Waals surface area contributed by atoms with Gasteiger partial charge in [0.05, 0.1) is 5.75 Å². The molecule has 0 bridgehead atoms. The molecule has 3 aromatic rings. The number of carbonyl (C=O) groups is 1. The van der Waals surface area contributed by atoms with E-state index in [0.717, 1.165) is 17.2 Å². The number of fused-ring (bicyclic) bond motifs is 1. The highest BCUT2D eigenvalue weighted by molar-refractivity contribution is 7.99. The van der Waals surface area contributed by atoms with Crippen LogP contribution >= 0.6 is 23.1 Å². The van der Waals surface area contributed by atoms with E-state index in [1.54, 1.807) is 12.1 Å². The van der Waals surface area contributed by atoms with Crippen molar-refractivity contribution in [1.82, 2.24) is 25.0 Å². The summed E-state index contributed by atoms with van der Waals surface area (Å²) < 4.78 is 15.1. The Hall–Kier alpha value is -2.53. The smallest absolute Gasteiger partial charge is 0.236 e. The number of hydrogen-bond donors (Lipinski definition) is 1. The van der Waals surface area contributed by atoms with Crippen LogP contribution in [0.15, 0.2) is 29.4 Å². The number of rotatable bonds is 5. The monoisotopic (exact) mass is 391 g/mol. The van der Waals surface area contributed by atoms with Gasteiger partial charge in [-0.05, 0) is 31.2 Å². The van der Waals surface area contributed by atoms with Gasteiger partial charge in [0, 0.05) is 18.8 Å². The molecule has 3 heterocycles. The number of carbonyl (C=O) groups excluding carboxylic acids is 1. The van der Waals surface area contributed by atoms with Crippen LogP contribution in [0.25, 0.3) is 0 Å². The molecule has 1 aliphatic rings. The van der Waals surface area contributed by atoms with Gasteiger partial charge in [-0.25, -0.2) is 4.39 Å². The van der Waals surface area contributed by atoms with Crippen molar-refractivity contribution >= 4 is 45.8 Å². The lowest BCUT2D eigenvalue weighted by Gasteiger charge is -2.14. The van der Waals surface area contributed by atoms with Gasteiger partial charge in [-0.1, -0.05) is 23.1 Å². The van der Waals surface area contributed by atoms with Crippen LogP contribution in [0.1, 0.15) is 5.01 Å². The Morgan fingerprint density at radius 1 is 1.23 bits per heavy atom. The minimum Gasteiger partial charge on any atom is -0.309 e. The molecule has 0 aliphatic carbocycles. The molecule has 1 amide bonds. The number of anilines is 3. The number of nitrogens with zero attached hydrogens (tertiary/aromatic N) is 6. The average Bonchev–Trinajstić information content (AvgIpc) is 3.31. The lowest BCUT2D eigenvalue weighted by Crippen LogP contribution is -2.14. The van der Waals surface area contributed by atoms with E-state index >= 15 is 0 Å². The second kappa shape index (κ2) is 7.00. The number of amides is 1. The molecular formula is C15H14FN7OS2. The van der Waals surface area contributed by atoms with E-state index in [4.69, 9.17) is 0 Å². The summed E-state index contributed by atoms with van der Waals surface area (Å²) in [4.78, 5) is 14.0. The van der Waals surface area contributed by atoms with Crippen LogP contribution in [0, 0.1) is 12.7 Å². The summed E-state index contributed by atoms with van der Waals surface area (Å²) in [7, 11) is 0. The fourth-order valence-electron chi connectivity index (χ4n) is 2.58. The molecule has 0 fully saturated rings. The lowest BCUT2D eigenvalue weighted by molar-refractivity contribution is -0.113. The van der Waals surface area contributed by atoms with Gasteiger partial charge in [0.1, 0.15) is 10.8 Å². The molecule has 26 heavy (non-hydrogen) atoms. The minimum absolute atomic E-state index is 0.170. The van der Waals surface area contributed by atoms with Crippen molar-refractivity contribution < 1.29 is 9.18 Å². The fourth-order valence-corrected chi connectivity index (χ4v) is 3.95. The van der Waals surface area contributed by atoms with E-state index in [2.05, 4.69) is 25.7 Å². The number of aromatic nitrogens is 5. The maximum absolute atomic E-state index is 13.1. The van der Waals surface area contributed by atoms with E-state index in [9.17, 15) is 9.18 Å². The zero-order chi connectivity index (χ0) is 18.1. The van der Waals surface area contributed by atoms with Crippen LogP contribution < -0.4 is 10.2 Å². The fraction of sp³-hybridized carbons (Fsp3) is 0.267. The largest absolute Gasteiger partial charge is 0.309 e. The molecule has 0 unspecified atom stereocenters. The van der Waals surface area contributed by atoms with Crippen LogP contribution in [-0.4, -0.2) is 43.2 Å². The number of halogens is 1. The van der Waals surface area contributed by atoms with E-state index < -0.39 is 0 Å². The van der Waals surface area contributed by atoms with Gasteiger partial charge in [0.25, 0.3) is 0 Å². The van der Waals surface area contributed by atoms with E-state index in [0.29, 0.717) is 22.8 Å². The van der Waals surface area contributed by atoms with Crippen LogP contribution in [0.4, 0.5) is 21.2 Å². The van der Waals surface area contributed by atoms with E-state index in [1.807, 2.05) is 16.4 Å². The van der Waals surface area contributed by atoms with Crippen molar-refractivity contribution in [2.45, 2.75) is 18.6 Å². The van der Waals surface area contributed by atoms with Crippen LogP contribution in [0.5, 0.6) is 0 Å². The van der Waals surface area contributed by atoms with Gasteiger partial charge in [0.15, 0.2) is 5.16 Å². The van der Waals surface area contributed by atoms with Gasteiger partial charge >= 0.3 is 0 Å². The van der Waals surface area contributed by atoms with Gasteiger partial charge in [-0.2, -0.15) is 0 Å². The van der Waals surface area contributed by atoms with Gasteiger partial charge in [-0.3, -0.25) is 14.7 Å². The highest BCUT2D eigenvalue weighted by atomic mass is 32.2. The molecule has 0 saturated heterocycles. The number of benzene rings is 1. The number of nitrogens with one attached hydrogen (secondary N) is 1. The standard InChI is InChI=1S/C15H14FN7OS2/c1-9-18-19-13(26-9)17-12(24)8-25-15-21-20-14-22(6-7-23(14)15)11-4-2-10(16)3-5-11/h2-5H,6-8H2,1H3,(H,17,19,24). The van der Waals surface area contributed by atoms with Crippen molar-refractivity contribution in [3.63, 3.8) is 0 Å². The van der Waals surface area contributed by atoms with Crippen LogP contribution in [-0.2, 0) is 11.3 Å². The Labute approximate surface area is 156 Å². The van der Waals surface area contributed by atoms with Crippen molar-refractivity contribution in [1.29, 1.82) is 0 Å². The Kier molecular flexibility index (Phi) is 4.55. The maximum atomic E-state index is 13.1. The third kappa shape index (κ3) is 3.40. The molecule has 11 heteroatoms. The second-order valence-electron chi connectivity index (χ2n) is 5.53. The SMILES string of the molecule is Cc1nnc(NC(=O)CSc2nnc3n2CCN3c2ccc(F)cc2)s1. The first-order chi connectivity index (χ1) is 12.6. The molecule has 8 nitrogen and oxygen atoms in total. The highest BCUT2D eigenvalue weighted by Gasteiger charge is 2.26. The first kappa shape index (κ1) is 16.9. The molecule has 0 atom stereocenters. The third-order valence-corrected chi connectivity index (χ3v) is 5.45. The third-order valence-electron chi connectivity index (χ3n) is 3.73. The van der Waals surface area contributed by atoms with Crippen molar-refractivity contribution in [3.8, 4) is 0 Å². The van der Waals surface area contributed by atoms with Gasteiger partial charge in [0.2, 0.25) is 17.0 Å². The normalized spacial score (nSPS) is 13.1. The molecule has 4 rings (SSSR count). The summed E-state index contributed by atoms with van der Waals surface area (Å²) in [6.45, 7) is 3.26. The van der Waals surface area contributed by atoms with Crippen LogP contribution in [0.3, 0.4) is 0 Å². The van der Waals surface area contributed by atoms with E-state index in [1.165, 1.54) is 35.2 Å². The lowest BCUT2D eigenvalue weighted by atomic mass is 10.3. The summed E-state index contributed by atoms with van der Waals surface area (Å²) in [6.07, 6.45) is 0. The molecule has 0 saturated carbocycles. The highest BCUT2D eigenvalue weighted by Crippen LogP contribution is 2.32. The summed E-state index contributed by atoms with van der Waals surface area (Å²) in [5, 5.41) is 20.8. The second-order valence-corrected chi connectivity index (χ2v) is 7.65. The summed E-state index contributed by atoms with van der Waals surface area (Å²) in [5.74, 6) is 0.450. The predicted molar refractivity (Wildman–Crippen MR) is 97.4 cm³/mol. The molecule has 1 N–H and O–H groups in total. The maximum Gasteiger partial charge on any atom is 0.236 e. The zero-order valence-corrected chi connectivity index (χ0v) is 15.3. The topological polar surface area (TPSA) is 88.8 Å².